The van der Waals surface area contributed by atoms with Crippen LogP contribution in [0.1, 0.15) is 39.5 Å². The molecule has 2 aliphatic heterocycles. The number of ether oxygens (including phenoxy) is 2. The van der Waals surface area contributed by atoms with Crippen LogP contribution in [0, 0.1) is 0 Å². The van der Waals surface area contributed by atoms with Crippen molar-refractivity contribution in [2.75, 3.05) is 0 Å². The number of carbonyl (C=O) groups is 1. The predicted octanol–water partition coefficient (Wildman–Crippen LogP) is 1.07. The third-order valence-electron chi connectivity index (χ3n) is 5.25. The van der Waals surface area contributed by atoms with E-state index in [-0.39, 0.29) is 11.2 Å². The van der Waals surface area contributed by atoms with E-state index in [0.29, 0.717) is 19.3 Å². The summed E-state index contributed by atoms with van der Waals surface area (Å²) in [5.74, 6) is -0.467. The average molecular weight is 429 g/mol. The van der Waals surface area contributed by atoms with E-state index in [1.54, 1.807) is 6.92 Å². The minimum atomic E-state index is -2.42. The van der Waals surface area contributed by atoms with E-state index in [1.165, 1.54) is 6.92 Å². The van der Waals surface area contributed by atoms with Gasteiger partial charge in [0.25, 0.3) is 0 Å². The normalized spacial score (nSPS) is 38.7. The molecule has 1 aromatic rings. The minimum absolute atomic E-state index is 0.216. The average Bonchev–Trinajstić information content (AvgIpc) is 3.01. The summed E-state index contributed by atoms with van der Waals surface area (Å²) >= 11 is -2.42. The van der Waals surface area contributed by atoms with Gasteiger partial charge in [-0.2, -0.15) is 0 Å². The molecule has 1 unspecified atom stereocenters. The molecule has 0 spiro atoms. The van der Waals surface area contributed by atoms with Gasteiger partial charge in [0.15, 0.2) is 0 Å². The molecule has 26 heavy (non-hydrogen) atoms. The molecule has 2 heterocycles. The van der Waals surface area contributed by atoms with Crippen LogP contribution in [-0.4, -0.2) is 60.0 Å². The first-order valence-electron chi connectivity index (χ1n) is 8.96. The Morgan fingerprint density at radius 3 is 2.62 bits per heavy atom. The fourth-order valence-electron chi connectivity index (χ4n) is 3.87. The molecule has 0 saturated carbocycles. The zero-order valence-electron chi connectivity index (χ0n) is 15.0. The quantitative estimate of drug-likeness (QED) is 0.552. The Bertz CT molecular complexity index is 661. The Labute approximate surface area is 157 Å². The van der Waals surface area contributed by atoms with Gasteiger partial charge >= 0.3 is 157 Å². The molecule has 2 fully saturated rings. The first kappa shape index (κ1) is 19.6. The van der Waals surface area contributed by atoms with Gasteiger partial charge in [0, 0.05) is 0 Å². The molecule has 2 saturated heterocycles. The van der Waals surface area contributed by atoms with Gasteiger partial charge in [0.2, 0.25) is 0 Å². The molecule has 0 aliphatic carbocycles. The molecule has 2 bridgehead atoms. The molecule has 2 aliphatic rings. The van der Waals surface area contributed by atoms with Crippen LogP contribution < -0.4 is 4.46 Å². The number of benzene rings is 1. The van der Waals surface area contributed by atoms with Gasteiger partial charge in [-0.25, -0.2) is 0 Å². The van der Waals surface area contributed by atoms with E-state index in [9.17, 15) is 18.8 Å². The number of hydrogen-bond acceptors (Lipinski definition) is 6. The second kappa shape index (κ2) is 7.87. The van der Waals surface area contributed by atoms with Gasteiger partial charge in [-0.05, 0) is 0 Å². The van der Waals surface area contributed by atoms with E-state index < -0.39 is 49.8 Å². The van der Waals surface area contributed by atoms with Crippen molar-refractivity contribution in [3.8, 4) is 0 Å². The number of aliphatic hydroxyl groups is 2. The van der Waals surface area contributed by atoms with Crippen LogP contribution in [0.2, 0.25) is 4.82 Å². The molecule has 144 valence electrons. The summed E-state index contributed by atoms with van der Waals surface area (Å²) < 4.78 is 25.3. The Kier molecular flexibility index (Phi) is 5.94. The van der Waals surface area contributed by atoms with E-state index in [0.717, 1.165) is 4.46 Å². The third-order valence-corrected chi connectivity index (χ3v) is 8.99. The summed E-state index contributed by atoms with van der Waals surface area (Å²) in [7, 11) is 0. The fraction of sp³-hybridized carbons (Fsp3) is 0.632. The first-order chi connectivity index (χ1) is 12.3. The van der Waals surface area contributed by atoms with E-state index >= 15 is 0 Å². The first-order valence-corrected chi connectivity index (χ1v) is 11.5. The van der Waals surface area contributed by atoms with Crippen LogP contribution in [0.15, 0.2) is 30.3 Å². The molecular formula is C19H26O6Se. The van der Waals surface area contributed by atoms with Crippen molar-refractivity contribution >= 4 is 24.3 Å². The Morgan fingerprint density at radius 2 is 1.96 bits per heavy atom. The number of fused-ring (bicyclic) bond motifs is 2. The molecule has 7 atom stereocenters. The summed E-state index contributed by atoms with van der Waals surface area (Å²) in [5.41, 5.74) is -1.31. The Balaban J connectivity index is 1.86. The molecule has 2 N–H and O–H groups in total. The van der Waals surface area contributed by atoms with Crippen LogP contribution >= 0.6 is 0 Å². The molecule has 7 heteroatoms. The Morgan fingerprint density at radius 1 is 1.27 bits per heavy atom. The van der Waals surface area contributed by atoms with Crippen LogP contribution in [0.4, 0.5) is 0 Å². The summed E-state index contributed by atoms with van der Waals surface area (Å²) in [4.78, 5) is 11.2. The van der Waals surface area contributed by atoms with Crippen LogP contribution in [0.5, 0.6) is 0 Å². The van der Waals surface area contributed by atoms with E-state index in [2.05, 4.69) is 0 Å². The molecule has 0 aromatic heterocycles. The van der Waals surface area contributed by atoms with Crippen molar-refractivity contribution in [3.05, 3.63) is 30.3 Å². The van der Waals surface area contributed by atoms with Crippen molar-refractivity contribution < 1.29 is 28.3 Å². The molecule has 1 aromatic carbocycles. The molecule has 0 amide bonds. The third kappa shape index (κ3) is 4.23. The SMILES string of the molecule is CC(=O)O[C@H]1CC[C@@H](O)[C@H]2C[C@H]([Se](=O)c3ccccc3)[C@@H](C[C@@]1(C)O)O2. The summed E-state index contributed by atoms with van der Waals surface area (Å²) in [6, 6.07) is 9.30. The number of rotatable bonds is 3. The van der Waals surface area contributed by atoms with E-state index in [1.807, 2.05) is 30.3 Å². The zero-order chi connectivity index (χ0) is 18.9. The van der Waals surface area contributed by atoms with Gasteiger partial charge in [0.05, 0.1) is 0 Å². The monoisotopic (exact) mass is 430 g/mol. The molecule has 0 radical (unpaired) electrons. The van der Waals surface area contributed by atoms with Gasteiger partial charge in [-0.1, -0.05) is 0 Å². The fourth-order valence-corrected chi connectivity index (χ4v) is 7.18. The predicted molar refractivity (Wildman–Crippen MR) is 95.6 cm³/mol. The van der Waals surface area contributed by atoms with Gasteiger partial charge in [-0.15, -0.1) is 0 Å². The van der Waals surface area contributed by atoms with Crippen LogP contribution in [0.25, 0.3) is 0 Å². The van der Waals surface area contributed by atoms with Gasteiger partial charge < -0.3 is 0 Å². The van der Waals surface area contributed by atoms with Crippen LogP contribution in [-0.2, 0) is 18.1 Å². The maximum atomic E-state index is 13.2. The van der Waals surface area contributed by atoms with Gasteiger partial charge in [-0.3, -0.25) is 0 Å². The number of carbonyl (C=O) groups excluding carboxylic acids is 1. The maximum absolute atomic E-state index is 13.2. The molecule has 6 nitrogen and oxygen atoms in total. The van der Waals surface area contributed by atoms with Crippen molar-refractivity contribution in [2.45, 2.75) is 74.4 Å². The van der Waals surface area contributed by atoms with Crippen molar-refractivity contribution in [1.29, 1.82) is 0 Å². The summed E-state index contributed by atoms with van der Waals surface area (Å²) in [6.45, 7) is 2.92. The molecule has 3 rings (SSSR count). The zero-order valence-corrected chi connectivity index (χ0v) is 16.8. The number of hydrogen-bond donors (Lipinski definition) is 2. The number of aliphatic hydroxyl groups excluding tert-OH is 1. The van der Waals surface area contributed by atoms with E-state index in [4.69, 9.17) is 9.47 Å². The summed E-state index contributed by atoms with van der Waals surface area (Å²) in [5, 5.41) is 21.4. The van der Waals surface area contributed by atoms with Gasteiger partial charge in [0.1, 0.15) is 0 Å². The number of esters is 1. The summed E-state index contributed by atoms with van der Waals surface area (Å²) in [6.07, 6.45) is -0.848. The Hall–Kier alpha value is -1.11. The van der Waals surface area contributed by atoms with Crippen molar-refractivity contribution in [1.82, 2.24) is 0 Å². The topological polar surface area (TPSA) is 93.1 Å². The molecular weight excluding hydrogens is 403 g/mol. The second-order valence-corrected chi connectivity index (χ2v) is 10.9. The van der Waals surface area contributed by atoms with Crippen LogP contribution in [0.3, 0.4) is 0 Å². The van der Waals surface area contributed by atoms with Crippen molar-refractivity contribution in [2.24, 2.45) is 0 Å². The second-order valence-electron chi connectivity index (χ2n) is 7.40. The van der Waals surface area contributed by atoms with Crippen molar-refractivity contribution in [3.63, 3.8) is 0 Å². The standard InChI is InChI=1S/C19H26O6Se/c1-12(20)24-18-9-8-14(21)15-10-17(16(25-15)11-19(18,2)22)26(23)13-6-4-3-5-7-13/h3-7,14-18,21-22H,8-11H2,1-2H3/t14-,15-,16-,17+,18+,19-,26?/m1/s1.